The first-order chi connectivity index (χ1) is 20.2. The predicted octanol–water partition coefficient (Wildman–Crippen LogP) is 5.62. The summed E-state index contributed by atoms with van der Waals surface area (Å²) in [5.74, 6) is 1.52. The van der Waals surface area contributed by atoms with Crippen molar-refractivity contribution in [2.45, 2.75) is 51.5 Å². The van der Waals surface area contributed by atoms with Crippen LogP contribution in [-0.2, 0) is 17.6 Å². The number of Topliss-reactive ketones (excluding diaryl/α,β-unsaturated/α-hetero) is 1. The third kappa shape index (κ3) is 4.96. The molecule has 7 heteroatoms. The maximum atomic E-state index is 14.7. The van der Waals surface area contributed by atoms with Gasteiger partial charge in [0.1, 0.15) is 11.4 Å². The number of pyridine rings is 2. The Morgan fingerprint density at radius 3 is 2.10 bits per heavy atom. The Morgan fingerprint density at radius 2 is 1.57 bits per heavy atom. The van der Waals surface area contributed by atoms with E-state index >= 15 is 0 Å². The van der Waals surface area contributed by atoms with Crippen molar-refractivity contribution in [2.75, 3.05) is 6.54 Å². The summed E-state index contributed by atoms with van der Waals surface area (Å²) in [6.07, 6.45) is 9.86. The van der Waals surface area contributed by atoms with Crippen molar-refractivity contribution < 1.29 is 9.59 Å². The summed E-state index contributed by atoms with van der Waals surface area (Å²) in [6, 6.07) is 16.4. The lowest BCUT2D eigenvalue weighted by Crippen LogP contribution is -2.54. The molecule has 212 valence electrons. The number of fused-ring (bicyclic) bond motifs is 2. The van der Waals surface area contributed by atoms with Crippen LogP contribution in [-0.4, -0.2) is 44.5 Å². The molecule has 0 radical (unpaired) electrons. The van der Waals surface area contributed by atoms with Gasteiger partial charge in [0.25, 0.3) is 5.91 Å². The van der Waals surface area contributed by atoms with Crippen LogP contribution >= 0.6 is 0 Å². The number of rotatable bonds is 9. The fraction of sp³-hybridized carbons (Fsp3) is 0.371. The van der Waals surface area contributed by atoms with Crippen LogP contribution in [0, 0.1) is 34.5 Å². The second-order valence-corrected chi connectivity index (χ2v) is 12.6. The molecule has 0 saturated heterocycles. The average molecular weight is 558 g/mol. The van der Waals surface area contributed by atoms with Gasteiger partial charge in [0.2, 0.25) is 0 Å². The number of benzene rings is 1. The van der Waals surface area contributed by atoms with E-state index in [1.807, 2.05) is 24.3 Å². The van der Waals surface area contributed by atoms with Crippen LogP contribution in [0.2, 0.25) is 0 Å². The van der Waals surface area contributed by atoms with E-state index < -0.39 is 5.54 Å². The van der Waals surface area contributed by atoms with E-state index in [2.05, 4.69) is 36.5 Å². The minimum Gasteiger partial charge on any atom is -0.297 e. The number of ketones is 1. The van der Waals surface area contributed by atoms with Crippen LogP contribution in [0.15, 0.2) is 90.5 Å². The Bertz CT molecular complexity index is 1550. The van der Waals surface area contributed by atoms with E-state index in [0.717, 1.165) is 17.5 Å². The molecule has 3 aromatic rings. The zero-order valence-corrected chi connectivity index (χ0v) is 24.2. The van der Waals surface area contributed by atoms with Gasteiger partial charge in [-0.05, 0) is 83.5 Å². The summed E-state index contributed by atoms with van der Waals surface area (Å²) in [6.45, 7) is 9.65. The molecule has 1 aromatic carbocycles. The van der Waals surface area contributed by atoms with Gasteiger partial charge in [-0.2, -0.15) is 5.26 Å². The van der Waals surface area contributed by atoms with Crippen molar-refractivity contribution >= 4 is 17.5 Å². The molecule has 1 aliphatic heterocycles. The maximum Gasteiger partial charge on any atom is 0.256 e. The summed E-state index contributed by atoms with van der Waals surface area (Å²) >= 11 is 0. The Hall–Kier alpha value is -4.44. The number of hydrogen-bond acceptors (Lipinski definition) is 6. The molecule has 1 amide bonds. The van der Waals surface area contributed by atoms with Gasteiger partial charge in [0.15, 0.2) is 5.78 Å². The van der Waals surface area contributed by atoms with Crippen molar-refractivity contribution in [3.63, 3.8) is 0 Å². The third-order valence-corrected chi connectivity index (χ3v) is 9.86. The van der Waals surface area contributed by atoms with Gasteiger partial charge < -0.3 is 0 Å². The molecular formula is C35H35N5O2. The Labute approximate surface area is 247 Å². The minimum atomic E-state index is -1.10. The minimum absolute atomic E-state index is 0.00360. The van der Waals surface area contributed by atoms with Gasteiger partial charge >= 0.3 is 0 Å². The lowest BCUT2D eigenvalue weighted by molar-refractivity contribution is -0.132. The number of amidine groups is 1. The zero-order valence-electron chi connectivity index (χ0n) is 24.2. The Morgan fingerprint density at radius 1 is 0.976 bits per heavy atom. The fourth-order valence-corrected chi connectivity index (χ4v) is 7.23. The van der Waals surface area contributed by atoms with Gasteiger partial charge in [-0.3, -0.25) is 29.4 Å². The smallest absolute Gasteiger partial charge is 0.256 e. The normalized spacial score (nSPS) is 23.6. The molecule has 3 heterocycles. The second-order valence-electron chi connectivity index (χ2n) is 12.6. The molecule has 3 aliphatic carbocycles. The van der Waals surface area contributed by atoms with Gasteiger partial charge in [-0.1, -0.05) is 38.1 Å². The highest BCUT2D eigenvalue weighted by atomic mass is 16.2. The monoisotopic (exact) mass is 557 g/mol. The molecule has 2 bridgehead atoms. The maximum absolute atomic E-state index is 14.7. The highest BCUT2D eigenvalue weighted by molar-refractivity contribution is 6.17. The van der Waals surface area contributed by atoms with E-state index in [4.69, 9.17) is 4.99 Å². The van der Waals surface area contributed by atoms with Crippen LogP contribution in [0.4, 0.5) is 0 Å². The van der Waals surface area contributed by atoms with Crippen molar-refractivity contribution in [3.8, 4) is 6.07 Å². The lowest BCUT2D eigenvalue weighted by atomic mass is 9.45. The van der Waals surface area contributed by atoms with Crippen LogP contribution in [0.25, 0.3) is 0 Å². The van der Waals surface area contributed by atoms with E-state index in [1.165, 1.54) is 12.0 Å². The van der Waals surface area contributed by atoms with E-state index in [1.54, 1.807) is 54.0 Å². The highest BCUT2D eigenvalue weighted by Crippen LogP contribution is 2.62. The number of aliphatic imine (C=N–C) groups is 1. The molecule has 3 atom stereocenters. The molecule has 0 N–H and O–H groups in total. The van der Waals surface area contributed by atoms with Gasteiger partial charge in [0, 0.05) is 49.7 Å². The number of amides is 1. The lowest BCUT2D eigenvalue weighted by Gasteiger charge is -2.60. The molecule has 42 heavy (non-hydrogen) atoms. The van der Waals surface area contributed by atoms with Crippen molar-refractivity contribution in [1.29, 1.82) is 5.26 Å². The first kappa shape index (κ1) is 27.7. The van der Waals surface area contributed by atoms with Crippen molar-refractivity contribution in [3.05, 3.63) is 108 Å². The van der Waals surface area contributed by atoms with E-state index in [-0.39, 0.29) is 29.4 Å². The number of nitrogens with zero attached hydrogens (tertiary/aromatic N) is 5. The molecule has 4 aliphatic rings. The third-order valence-electron chi connectivity index (χ3n) is 9.86. The number of carbonyl (C=O) groups excluding carboxylic acids is 2. The fourth-order valence-electron chi connectivity index (χ4n) is 7.23. The predicted molar refractivity (Wildman–Crippen MR) is 160 cm³/mol. The standard InChI is InChI=1S/C35H35N5O2/c1-23-28(16-29-17-30(23)34(29,2)3)22-40-32(18-31(41)27-6-4-26(21-36)5-7-27)39-35(33(40)42,19-24-8-12-37-13-9-24)20-25-10-14-38-15-11-25/h4-15,28-30H,1,16-20,22H2,2-3H3. The van der Waals surface area contributed by atoms with E-state index in [9.17, 15) is 14.9 Å². The number of hydrogen-bond donors (Lipinski definition) is 0. The SMILES string of the molecule is C=C1C(CN2C(=O)C(Cc3ccncc3)(Cc3ccncc3)N=C2CC(=O)c2ccc(C#N)cc2)CC2CC1C2(C)C. The number of aromatic nitrogens is 2. The molecule has 2 aromatic heterocycles. The molecular weight excluding hydrogens is 522 g/mol. The molecule has 3 saturated carbocycles. The molecule has 7 rings (SSSR count). The molecule has 7 nitrogen and oxygen atoms in total. The van der Waals surface area contributed by atoms with Crippen LogP contribution < -0.4 is 0 Å². The number of nitriles is 1. The van der Waals surface area contributed by atoms with Crippen molar-refractivity contribution in [2.24, 2.45) is 28.2 Å². The first-order valence-corrected chi connectivity index (χ1v) is 14.6. The van der Waals surface area contributed by atoms with Crippen LogP contribution in [0.1, 0.15) is 60.2 Å². The molecule has 3 fully saturated rings. The van der Waals surface area contributed by atoms with Crippen LogP contribution in [0.3, 0.4) is 0 Å². The molecule has 0 spiro atoms. The quantitative estimate of drug-likeness (QED) is 0.251. The summed E-state index contributed by atoms with van der Waals surface area (Å²) in [5, 5.41) is 9.18. The van der Waals surface area contributed by atoms with Gasteiger partial charge in [0.05, 0.1) is 18.1 Å². The Balaban J connectivity index is 1.36. The van der Waals surface area contributed by atoms with Crippen LogP contribution in [0.5, 0.6) is 0 Å². The Kier molecular flexibility index (Phi) is 7.10. The number of carbonyl (C=O) groups is 2. The average Bonchev–Trinajstić information content (AvgIpc) is 3.23. The summed E-state index contributed by atoms with van der Waals surface area (Å²) < 4.78 is 0. The topological polar surface area (TPSA) is 99.3 Å². The highest BCUT2D eigenvalue weighted by Gasteiger charge is 2.56. The summed E-state index contributed by atoms with van der Waals surface area (Å²) in [5.41, 5.74) is 3.27. The molecule has 3 unspecified atom stereocenters. The van der Waals surface area contributed by atoms with Crippen molar-refractivity contribution in [1.82, 2.24) is 14.9 Å². The second kappa shape index (κ2) is 10.8. The largest absolute Gasteiger partial charge is 0.297 e. The summed E-state index contributed by atoms with van der Waals surface area (Å²) in [7, 11) is 0. The first-order valence-electron chi connectivity index (χ1n) is 14.6. The van der Waals surface area contributed by atoms with Gasteiger partial charge in [-0.25, -0.2) is 0 Å². The summed E-state index contributed by atoms with van der Waals surface area (Å²) in [4.78, 5) is 43.5. The van der Waals surface area contributed by atoms with Gasteiger partial charge in [-0.15, -0.1) is 0 Å². The van der Waals surface area contributed by atoms with E-state index in [0.29, 0.717) is 48.2 Å². The zero-order chi connectivity index (χ0) is 29.5.